The first-order valence-corrected chi connectivity index (χ1v) is 10.7. The average Bonchev–Trinajstić information content (AvgIpc) is 2.84. The molecule has 0 radical (unpaired) electrons. The molecule has 0 spiro atoms. The molecule has 0 N–H and O–H groups in total. The van der Waals surface area contributed by atoms with Crippen molar-refractivity contribution in [1.29, 1.82) is 0 Å². The van der Waals surface area contributed by atoms with Gasteiger partial charge in [-0.25, -0.2) is 4.79 Å². The van der Waals surface area contributed by atoms with Gasteiger partial charge < -0.3 is 28.4 Å². The number of rotatable bonds is 18. The molecule has 0 unspecified atom stereocenters. The highest BCUT2D eigenvalue weighted by Crippen LogP contribution is 2.21. The van der Waals surface area contributed by atoms with Gasteiger partial charge in [0, 0.05) is 6.08 Å². The summed E-state index contributed by atoms with van der Waals surface area (Å²) in [6, 6.07) is 18.3. The maximum atomic E-state index is 10.8. The topological polar surface area (TPSA) is 72.5 Å². The zero-order valence-electron chi connectivity index (χ0n) is 18.4. The number of esters is 1. The standard InChI is InChI=1S/C25H32O7/c1-2-25(26)32-21-19-30-17-15-28-13-12-27-14-16-29-18-20-31-24-10-8-23(9-11-24)22-6-4-3-5-7-22/h2-11H,1,12-21H2. The molecule has 0 bridgehead atoms. The van der Waals surface area contributed by atoms with Gasteiger partial charge in [0.2, 0.25) is 0 Å². The summed E-state index contributed by atoms with van der Waals surface area (Å²) < 4.78 is 32.1. The molecule has 7 nitrogen and oxygen atoms in total. The number of benzene rings is 2. The molecule has 7 heteroatoms. The minimum Gasteiger partial charge on any atom is -0.491 e. The highest BCUT2D eigenvalue weighted by molar-refractivity contribution is 5.81. The van der Waals surface area contributed by atoms with E-state index in [0.29, 0.717) is 59.5 Å². The Balaban J connectivity index is 1.35. The quantitative estimate of drug-likeness (QED) is 0.198. The SMILES string of the molecule is C=CC(=O)OCCOCCOCCOCCOCCOc1ccc(-c2ccccc2)cc1. The van der Waals surface area contributed by atoms with Crippen molar-refractivity contribution < 1.29 is 33.2 Å². The first-order chi connectivity index (χ1) is 15.8. The summed E-state index contributed by atoms with van der Waals surface area (Å²) in [5.74, 6) is 0.371. The third-order valence-corrected chi connectivity index (χ3v) is 4.21. The van der Waals surface area contributed by atoms with Crippen LogP contribution in [0.1, 0.15) is 0 Å². The second-order valence-electron chi connectivity index (χ2n) is 6.56. The maximum absolute atomic E-state index is 10.8. The third kappa shape index (κ3) is 11.6. The van der Waals surface area contributed by atoms with E-state index in [1.807, 2.05) is 30.3 Å². The van der Waals surface area contributed by atoms with Gasteiger partial charge in [0.25, 0.3) is 0 Å². The molecule has 2 rings (SSSR count). The molecule has 0 saturated carbocycles. The lowest BCUT2D eigenvalue weighted by Crippen LogP contribution is -2.14. The van der Waals surface area contributed by atoms with Crippen LogP contribution in [-0.4, -0.2) is 72.0 Å². The van der Waals surface area contributed by atoms with Crippen molar-refractivity contribution >= 4 is 5.97 Å². The number of carbonyl (C=O) groups is 1. The second kappa shape index (κ2) is 16.9. The van der Waals surface area contributed by atoms with Gasteiger partial charge in [-0.3, -0.25) is 0 Å². The summed E-state index contributed by atoms with van der Waals surface area (Å²) in [5.41, 5.74) is 2.35. The second-order valence-corrected chi connectivity index (χ2v) is 6.56. The molecule has 174 valence electrons. The molecule has 0 aliphatic carbocycles. The fourth-order valence-electron chi connectivity index (χ4n) is 2.61. The van der Waals surface area contributed by atoms with Gasteiger partial charge in [-0.05, 0) is 23.3 Å². The summed E-state index contributed by atoms with van der Waals surface area (Å²) in [5, 5.41) is 0. The van der Waals surface area contributed by atoms with E-state index in [-0.39, 0.29) is 6.61 Å². The van der Waals surface area contributed by atoms with Crippen molar-refractivity contribution in [2.75, 3.05) is 66.1 Å². The van der Waals surface area contributed by atoms with Crippen molar-refractivity contribution in [3.8, 4) is 16.9 Å². The van der Waals surface area contributed by atoms with Crippen LogP contribution in [-0.2, 0) is 28.5 Å². The summed E-state index contributed by atoms with van der Waals surface area (Å²) in [4.78, 5) is 10.8. The van der Waals surface area contributed by atoms with Gasteiger partial charge in [-0.15, -0.1) is 0 Å². The fraction of sp³-hybridized carbons (Fsp3) is 0.400. The third-order valence-electron chi connectivity index (χ3n) is 4.21. The molecule has 2 aromatic carbocycles. The van der Waals surface area contributed by atoms with E-state index in [1.165, 1.54) is 5.56 Å². The van der Waals surface area contributed by atoms with Gasteiger partial charge in [-0.1, -0.05) is 49.0 Å². The van der Waals surface area contributed by atoms with Crippen molar-refractivity contribution in [1.82, 2.24) is 0 Å². The van der Waals surface area contributed by atoms with E-state index in [4.69, 9.17) is 28.4 Å². The molecule has 0 fully saturated rings. The van der Waals surface area contributed by atoms with Gasteiger partial charge in [0.15, 0.2) is 0 Å². The molecule has 2 aromatic rings. The Kier molecular flexibility index (Phi) is 13.5. The number of carbonyl (C=O) groups excluding carboxylic acids is 1. The van der Waals surface area contributed by atoms with Crippen LogP contribution in [0, 0.1) is 0 Å². The summed E-state index contributed by atoms with van der Waals surface area (Å²) in [6.07, 6.45) is 1.12. The van der Waals surface area contributed by atoms with Crippen LogP contribution >= 0.6 is 0 Å². The van der Waals surface area contributed by atoms with Crippen LogP contribution in [0.4, 0.5) is 0 Å². The average molecular weight is 445 g/mol. The Hall–Kier alpha value is -2.71. The molecule has 0 saturated heterocycles. The molecule has 0 aromatic heterocycles. The van der Waals surface area contributed by atoms with Crippen molar-refractivity contribution in [3.63, 3.8) is 0 Å². The summed E-state index contributed by atoms with van der Waals surface area (Å²) in [6.45, 7) is 7.71. The van der Waals surface area contributed by atoms with Gasteiger partial charge in [0.05, 0.1) is 52.9 Å². The first-order valence-electron chi connectivity index (χ1n) is 10.7. The van der Waals surface area contributed by atoms with Crippen LogP contribution in [0.5, 0.6) is 5.75 Å². The van der Waals surface area contributed by atoms with Crippen molar-refractivity contribution in [3.05, 3.63) is 67.3 Å². The van der Waals surface area contributed by atoms with E-state index in [9.17, 15) is 4.79 Å². The number of hydrogen-bond donors (Lipinski definition) is 0. The molecular weight excluding hydrogens is 412 g/mol. The van der Waals surface area contributed by atoms with E-state index in [1.54, 1.807) is 0 Å². The van der Waals surface area contributed by atoms with Crippen LogP contribution in [0.3, 0.4) is 0 Å². The Morgan fingerprint density at radius 2 is 1.09 bits per heavy atom. The predicted octanol–water partition coefficient (Wildman–Crippen LogP) is 3.53. The van der Waals surface area contributed by atoms with E-state index < -0.39 is 5.97 Å². The minimum absolute atomic E-state index is 0.208. The van der Waals surface area contributed by atoms with Crippen molar-refractivity contribution in [2.24, 2.45) is 0 Å². The highest BCUT2D eigenvalue weighted by Gasteiger charge is 1.99. The lowest BCUT2D eigenvalue weighted by Gasteiger charge is -2.09. The zero-order valence-corrected chi connectivity index (χ0v) is 18.4. The monoisotopic (exact) mass is 444 g/mol. The van der Waals surface area contributed by atoms with E-state index in [2.05, 4.69) is 30.8 Å². The van der Waals surface area contributed by atoms with Gasteiger partial charge >= 0.3 is 5.97 Å². The molecule has 0 heterocycles. The van der Waals surface area contributed by atoms with Crippen LogP contribution < -0.4 is 4.74 Å². The lowest BCUT2D eigenvalue weighted by atomic mass is 10.1. The Labute approximate surface area is 189 Å². The largest absolute Gasteiger partial charge is 0.491 e. The fourth-order valence-corrected chi connectivity index (χ4v) is 2.61. The van der Waals surface area contributed by atoms with Crippen LogP contribution in [0.25, 0.3) is 11.1 Å². The van der Waals surface area contributed by atoms with Gasteiger partial charge in [-0.2, -0.15) is 0 Å². The van der Waals surface area contributed by atoms with E-state index >= 15 is 0 Å². The van der Waals surface area contributed by atoms with Crippen LogP contribution in [0.2, 0.25) is 0 Å². The predicted molar refractivity (Wildman–Crippen MR) is 122 cm³/mol. The molecular formula is C25H32O7. The number of hydrogen-bond acceptors (Lipinski definition) is 7. The maximum Gasteiger partial charge on any atom is 0.330 e. The molecule has 0 aliphatic rings. The molecule has 32 heavy (non-hydrogen) atoms. The van der Waals surface area contributed by atoms with E-state index in [0.717, 1.165) is 17.4 Å². The first kappa shape index (κ1) is 25.5. The number of ether oxygens (including phenoxy) is 6. The normalized spacial score (nSPS) is 10.6. The Morgan fingerprint density at radius 3 is 1.62 bits per heavy atom. The van der Waals surface area contributed by atoms with Crippen LogP contribution in [0.15, 0.2) is 67.3 Å². The van der Waals surface area contributed by atoms with Crippen molar-refractivity contribution in [2.45, 2.75) is 0 Å². The Morgan fingerprint density at radius 1 is 0.625 bits per heavy atom. The molecule has 0 aliphatic heterocycles. The minimum atomic E-state index is -0.452. The highest BCUT2D eigenvalue weighted by atomic mass is 16.6. The Bertz CT molecular complexity index is 747. The lowest BCUT2D eigenvalue weighted by molar-refractivity contribution is -0.139. The van der Waals surface area contributed by atoms with Gasteiger partial charge in [0.1, 0.15) is 19.0 Å². The summed E-state index contributed by atoms with van der Waals surface area (Å²) in [7, 11) is 0. The smallest absolute Gasteiger partial charge is 0.330 e. The zero-order chi connectivity index (χ0) is 22.7. The summed E-state index contributed by atoms with van der Waals surface area (Å²) >= 11 is 0. The molecule has 0 amide bonds. The molecule has 0 atom stereocenters.